The van der Waals surface area contributed by atoms with Crippen molar-refractivity contribution in [1.82, 2.24) is 0 Å². The SMILES string of the molecule is COc1cc2c(cc1C)C(=O)C([N+](=O)[O-])C2=O. The van der Waals surface area contributed by atoms with E-state index in [0.29, 0.717) is 11.3 Å². The number of aryl methyl sites for hydroxylation is 1. The van der Waals surface area contributed by atoms with E-state index in [9.17, 15) is 19.7 Å². The van der Waals surface area contributed by atoms with Crippen LogP contribution < -0.4 is 4.74 Å². The van der Waals surface area contributed by atoms with Crippen LogP contribution in [0.3, 0.4) is 0 Å². The van der Waals surface area contributed by atoms with Gasteiger partial charge in [-0.15, -0.1) is 0 Å². The predicted octanol–water partition coefficient (Wildman–Crippen LogP) is 1.03. The Morgan fingerprint density at radius 3 is 2.24 bits per heavy atom. The molecule has 88 valence electrons. The monoisotopic (exact) mass is 235 g/mol. The van der Waals surface area contributed by atoms with E-state index in [0.717, 1.165) is 0 Å². The van der Waals surface area contributed by atoms with Crippen LogP contribution in [0.15, 0.2) is 12.1 Å². The normalized spacial score (nSPS) is 18.1. The highest BCUT2D eigenvalue weighted by molar-refractivity contribution is 6.28. The number of ether oxygens (including phenoxy) is 1. The maximum Gasteiger partial charge on any atom is 0.336 e. The molecule has 1 unspecified atom stereocenters. The van der Waals surface area contributed by atoms with Crippen LogP contribution in [-0.4, -0.2) is 29.6 Å². The molecule has 0 heterocycles. The molecule has 0 fully saturated rings. The van der Waals surface area contributed by atoms with Gasteiger partial charge in [0.05, 0.1) is 7.11 Å². The van der Waals surface area contributed by atoms with Crippen LogP contribution in [0.4, 0.5) is 0 Å². The molecule has 0 bridgehead atoms. The van der Waals surface area contributed by atoms with Crippen LogP contribution in [0.25, 0.3) is 0 Å². The van der Waals surface area contributed by atoms with E-state index < -0.39 is 22.5 Å². The topological polar surface area (TPSA) is 86.5 Å². The standard InChI is InChI=1S/C11H9NO5/c1-5-3-6-7(4-8(5)17-2)11(14)9(10(6)13)12(15)16/h3-4,9H,1-2H3. The van der Waals surface area contributed by atoms with Crippen LogP contribution in [0, 0.1) is 17.0 Å². The third-order valence-electron chi connectivity index (χ3n) is 2.77. The Hall–Kier alpha value is -2.24. The first-order chi connectivity index (χ1) is 7.97. The molecule has 1 atom stereocenters. The number of nitrogens with zero attached hydrogens (tertiary/aromatic N) is 1. The van der Waals surface area contributed by atoms with Crippen molar-refractivity contribution in [2.24, 2.45) is 0 Å². The minimum Gasteiger partial charge on any atom is -0.496 e. The van der Waals surface area contributed by atoms with Gasteiger partial charge in [-0.2, -0.15) is 0 Å². The van der Waals surface area contributed by atoms with Crippen molar-refractivity contribution in [2.75, 3.05) is 7.11 Å². The number of hydrogen-bond donors (Lipinski definition) is 0. The van der Waals surface area contributed by atoms with Crippen LogP contribution in [0.1, 0.15) is 26.3 Å². The first kappa shape index (κ1) is 11.3. The predicted molar refractivity (Wildman–Crippen MR) is 57.2 cm³/mol. The Morgan fingerprint density at radius 1 is 1.24 bits per heavy atom. The second-order valence-corrected chi connectivity index (χ2v) is 3.78. The van der Waals surface area contributed by atoms with E-state index in [-0.39, 0.29) is 11.1 Å². The lowest BCUT2D eigenvalue weighted by Gasteiger charge is -2.05. The van der Waals surface area contributed by atoms with Gasteiger partial charge in [0.1, 0.15) is 5.75 Å². The molecule has 0 N–H and O–H groups in total. The largest absolute Gasteiger partial charge is 0.496 e. The van der Waals surface area contributed by atoms with Crippen LogP contribution >= 0.6 is 0 Å². The third-order valence-corrected chi connectivity index (χ3v) is 2.77. The van der Waals surface area contributed by atoms with Gasteiger partial charge in [-0.05, 0) is 24.6 Å². The summed E-state index contributed by atoms with van der Waals surface area (Å²) < 4.78 is 5.02. The highest BCUT2D eigenvalue weighted by atomic mass is 16.6. The minimum absolute atomic E-state index is 0.0687. The number of rotatable bonds is 2. The van der Waals surface area contributed by atoms with Gasteiger partial charge in [0, 0.05) is 16.1 Å². The van der Waals surface area contributed by atoms with Crippen molar-refractivity contribution in [3.63, 3.8) is 0 Å². The van der Waals surface area contributed by atoms with Gasteiger partial charge in [0.15, 0.2) is 0 Å². The zero-order valence-corrected chi connectivity index (χ0v) is 9.22. The Labute approximate surface area is 96.3 Å². The average molecular weight is 235 g/mol. The number of benzene rings is 1. The molecule has 2 rings (SSSR count). The van der Waals surface area contributed by atoms with E-state index in [4.69, 9.17) is 4.74 Å². The van der Waals surface area contributed by atoms with Crippen molar-refractivity contribution >= 4 is 11.6 Å². The summed E-state index contributed by atoms with van der Waals surface area (Å²) in [6.07, 6.45) is 0. The fourth-order valence-electron chi connectivity index (χ4n) is 1.92. The number of Topliss-reactive ketones (excluding diaryl/α,β-unsaturated/α-hetero) is 2. The number of hydrogen-bond acceptors (Lipinski definition) is 5. The summed E-state index contributed by atoms with van der Waals surface area (Å²) in [6.45, 7) is 1.70. The van der Waals surface area contributed by atoms with Crippen molar-refractivity contribution in [1.29, 1.82) is 0 Å². The molecular weight excluding hydrogens is 226 g/mol. The molecule has 6 heteroatoms. The van der Waals surface area contributed by atoms with Crippen molar-refractivity contribution in [3.8, 4) is 5.75 Å². The van der Waals surface area contributed by atoms with Crippen molar-refractivity contribution in [3.05, 3.63) is 38.9 Å². The smallest absolute Gasteiger partial charge is 0.336 e. The lowest BCUT2D eigenvalue weighted by Crippen LogP contribution is -2.31. The molecular formula is C11H9NO5. The molecule has 0 amide bonds. The molecule has 0 saturated carbocycles. The van der Waals surface area contributed by atoms with Gasteiger partial charge in [0.2, 0.25) is 11.6 Å². The molecule has 1 aliphatic rings. The number of ketones is 2. The van der Waals surface area contributed by atoms with Gasteiger partial charge < -0.3 is 4.74 Å². The van der Waals surface area contributed by atoms with Crippen LogP contribution in [-0.2, 0) is 0 Å². The Morgan fingerprint density at radius 2 is 1.76 bits per heavy atom. The molecule has 6 nitrogen and oxygen atoms in total. The molecule has 0 aliphatic heterocycles. The number of fused-ring (bicyclic) bond motifs is 1. The first-order valence-corrected chi connectivity index (χ1v) is 4.88. The Balaban J connectivity index is 2.62. The van der Waals surface area contributed by atoms with E-state index in [2.05, 4.69) is 0 Å². The third kappa shape index (κ3) is 1.49. The second kappa shape index (κ2) is 3.65. The summed E-state index contributed by atoms with van der Waals surface area (Å²) in [5, 5.41) is 10.7. The number of nitro groups is 1. The fourth-order valence-corrected chi connectivity index (χ4v) is 1.92. The summed E-state index contributed by atoms with van der Waals surface area (Å²) in [5.41, 5.74) is 0.838. The Kier molecular flexibility index (Phi) is 2.42. The van der Waals surface area contributed by atoms with Gasteiger partial charge in [-0.3, -0.25) is 19.7 Å². The quantitative estimate of drug-likeness (QED) is 0.434. The molecule has 0 spiro atoms. The first-order valence-electron chi connectivity index (χ1n) is 4.88. The summed E-state index contributed by atoms with van der Waals surface area (Å²) in [4.78, 5) is 33.2. The zero-order valence-electron chi connectivity index (χ0n) is 9.22. The fraction of sp³-hybridized carbons (Fsp3) is 0.273. The van der Waals surface area contributed by atoms with Gasteiger partial charge in [-0.25, -0.2) is 0 Å². The molecule has 0 aromatic heterocycles. The van der Waals surface area contributed by atoms with E-state index in [1.807, 2.05) is 0 Å². The summed E-state index contributed by atoms with van der Waals surface area (Å²) in [5.74, 6) is -1.08. The molecule has 1 aromatic rings. The number of carbonyl (C=O) groups excluding carboxylic acids is 2. The minimum atomic E-state index is -1.79. The van der Waals surface area contributed by atoms with E-state index in [1.54, 1.807) is 6.92 Å². The van der Waals surface area contributed by atoms with E-state index in [1.165, 1.54) is 19.2 Å². The maximum atomic E-state index is 11.7. The summed E-state index contributed by atoms with van der Waals surface area (Å²) in [7, 11) is 1.43. The lowest BCUT2D eigenvalue weighted by atomic mass is 10.1. The summed E-state index contributed by atoms with van der Waals surface area (Å²) >= 11 is 0. The van der Waals surface area contributed by atoms with Crippen LogP contribution in [0.2, 0.25) is 0 Å². The molecule has 0 radical (unpaired) electrons. The molecule has 1 aliphatic carbocycles. The van der Waals surface area contributed by atoms with E-state index >= 15 is 0 Å². The van der Waals surface area contributed by atoms with Crippen molar-refractivity contribution in [2.45, 2.75) is 13.0 Å². The molecule has 17 heavy (non-hydrogen) atoms. The molecule has 1 aromatic carbocycles. The average Bonchev–Trinajstić information content (AvgIpc) is 2.50. The van der Waals surface area contributed by atoms with Gasteiger partial charge in [0.25, 0.3) is 0 Å². The van der Waals surface area contributed by atoms with Gasteiger partial charge in [-0.1, -0.05) is 0 Å². The summed E-state index contributed by atoms with van der Waals surface area (Å²) in [6, 6.07) is 1.04. The number of carbonyl (C=O) groups is 2. The van der Waals surface area contributed by atoms with Crippen molar-refractivity contribution < 1.29 is 19.2 Å². The zero-order chi connectivity index (χ0) is 12.7. The highest BCUT2D eigenvalue weighted by Gasteiger charge is 2.47. The Bertz CT molecular complexity index is 549. The van der Waals surface area contributed by atoms with Gasteiger partial charge >= 0.3 is 6.04 Å². The lowest BCUT2D eigenvalue weighted by molar-refractivity contribution is -0.488. The number of methoxy groups -OCH3 is 1. The van der Waals surface area contributed by atoms with Crippen LogP contribution in [0.5, 0.6) is 5.75 Å². The highest BCUT2D eigenvalue weighted by Crippen LogP contribution is 2.30. The second-order valence-electron chi connectivity index (χ2n) is 3.78. The maximum absolute atomic E-state index is 11.7. The molecule has 0 saturated heterocycles.